The van der Waals surface area contributed by atoms with Crippen molar-refractivity contribution in [3.63, 3.8) is 0 Å². The highest BCUT2D eigenvalue weighted by Crippen LogP contribution is 2.53. The monoisotopic (exact) mass is 359 g/mol. The molecule has 0 bridgehead atoms. The van der Waals surface area contributed by atoms with Gasteiger partial charge < -0.3 is 9.73 Å². The number of fused-ring (bicyclic) bond motifs is 1. The standard InChI is InChI=1S/C24H25NO2/c1-17-15-24(2,23(26)25-16-19-11-8-14-27-19)22(18-9-4-3-5-10-18)21-13-7-6-12-20(17)21/h3-14,17,22H,15-16H2,1-2H3,(H,25,26)/t17-,22+,24-/m0/s1. The van der Waals surface area contributed by atoms with Crippen molar-refractivity contribution in [2.24, 2.45) is 5.41 Å². The Labute approximate surface area is 160 Å². The van der Waals surface area contributed by atoms with E-state index in [0.717, 1.165) is 12.2 Å². The van der Waals surface area contributed by atoms with Crippen LogP contribution < -0.4 is 5.32 Å². The molecule has 1 amide bonds. The van der Waals surface area contributed by atoms with Gasteiger partial charge in [0.25, 0.3) is 0 Å². The molecule has 3 heteroatoms. The molecule has 0 spiro atoms. The molecule has 1 aliphatic rings. The summed E-state index contributed by atoms with van der Waals surface area (Å²) in [4.78, 5) is 13.4. The largest absolute Gasteiger partial charge is 0.467 e. The van der Waals surface area contributed by atoms with Crippen molar-refractivity contribution in [2.75, 3.05) is 0 Å². The van der Waals surface area contributed by atoms with Gasteiger partial charge in [-0.1, -0.05) is 61.5 Å². The van der Waals surface area contributed by atoms with Crippen LogP contribution in [0.1, 0.15) is 54.6 Å². The summed E-state index contributed by atoms with van der Waals surface area (Å²) in [6, 6.07) is 22.7. The molecule has 0 radical (unpaired) electrons. The first-order valence-corrected chi connectivity index (χ1v) is 9.54. The van der Waals surface area contributed by atoms with E-state index >= 15 is 0 Å². The molecule has 1 heterocycles. The summed E-state index contributed by atoms with van der Waals surface area (Å²) in [7, 11) is 0. The lowest BCUT2D eigenvalue weighted by atomic mass is 9.59. The quantitative estimate of drug-likeness (QED) is 0.692. The lowest BCUT2D eigenvalue weighted by Gasteiger charge is -2.44. The summed E-state index contributed by atoms with van der Waals surface area (Å²) in [5, 5.41) is 3.11. The van der Waals surface area contributed by atoms with Gasteiger partial charge in [0.1, 0.15) is 5.76 Å². The maximum Gasteiger partial charge on any atom is 0.227 e. The Morgan fingerprint density at radius 2 is 1.74 bits per heavy atom. The SMILES string of the molecule is C[C@H]1C[C@](C)(C(=O)NCc2ccco2)[C@H](c2ccccc2)c2ccccc21. The summed E-state index contributed by atoms with van der Waals surface area (Å²) < 4.78 is 5.38. The lowest BCUT2D eigenvalue weighted by Crippen LogP contribution is -2.46. The smallest absolute Gasteiger partial charge is 0.227 e. The van der Waals surface area contributed by atoms with E-state index < -0.39 is 5.41 Å². The molecule has 3 atom stereocenters. The number of carbonyl (C=O) groups excluding carboxylic acids is 1. The van der Waals surface area contributed by atoms with Gasteiger partial charge in [0, 0.05) is 5.92 Å². The van der Waals surface area contributed by atoms with E-state index in [1.807, 2.05) is 18.2 Å². The average Bonchev–Trinajstić information content (AvgIpc) is 3.20. The molecule has 138 valence electrons. The molecule has 27 heavy (non-hydrogen) atoms. The number of furan rings is 1. The van der Waals surface area contributed by atoms with Crippen LogP contribution in [0.4, 0.5) is 0 Å². The highest BCUT2D eigenvalue weighted by atomic mass is 16.3. The fourth-order valence-corrected chi connectivity index (χ4v) is 4.63. The Hall–Kier alpha value is -2.81. The van der Waals surface area contributed by atoms with Crippen molar-refractivity contribution >= 4 is 5.91 Å². The van der Waals surface area contributed by atoms with Crippen LogP contribution in [-0.2, 0) is 11.3 Å². The number of hydrogen-bond donors (Lipinski definition) is 1. The van der Waals surface area contributed by atoms with Crippen molar-refractivity contribution < 1.29 is 9.21 Å². The predicted octanol–water partition coefficient (Wildman–Crippen LogP) is 5.24. The summed E-state index contributed by atoms with van der Waals surface area (Å²) in [5.41, 5.74) is 3.27. The molecule has 0 saturated carbocycles. The van der Waals surface area contributed by atoms with E-state index in [4.69, 9.17) is 4.42 Å². The Kier molecular flexibility index (Phi) is 4.61. The molecular formula is C24H25NO2. The van der Waals surface area contributed by atoms with Gasteiger partial charge in [-0.15, -0.1) is 0 Å². The molecule has 0 saturated heterocycles. The summed E-state index contributed by atoms with van der Waals surface area (Å²) in [6.07, 6.45) is 2.45. The van der Waals surface area contributed by atoms with Crippen molar-refractivity contribution in [1.29, 1.82) is 0 Å². The Bertz CT molecular complexity index is 917. The first-order valence-electron chi connectivity index (χ1n) is 9.54. The fourth-order valence-electron chi connectivity index (χ4n) is 4.63. The van der Waals surface area contributed by atoms with Gasteiger partial charge in [-0.2, -0.15) is 0 Å². The number of hydrogen-bond acceptors (Lipinski definition) is 2. The highest BCUT2D eigenvalue weighted by Gasteiger charge is 2.47. The summed E-state index contributed by atoms with van der Waals surface area (Å²) >= 11 is 0. The van der Waals surface area contributed by atoms with Crippen LogP contribution in [0.5, 0.6) is 0 Å². The zero-order valence-electron chi connectivity index (χ0n) is 15.8. The van der Waals surface area contributed by atoms with Gasteiger partial charge >= 0.3 is 0 Å². The minimum absolute atomic E-state index is 0.0303. The number of amides is 1. The maximum atomic E-state index is 13.4. The zero-order chi connectivity index (χ0) is 18.9. The van der Waals surface area contributed by atoms with Gasteiger partial charge in [0.2, 0.25) is 5.91 Å². The molecule has 4 rings (SSSR count). The summed E-state index contributed by atoms with van der Waals surface area (Å²) in [6.45, 7) is 4.74. The number of rotatable bonds is 4. The third-order valence-electron chi connectivity index (χ3n) is 5.86. The van der Waals surface area contributed by atoms with Crippen molar-refractivity contribution in [3.8, 4) is 0 Å². The molecule has 0 fully saturated rings. The number of carbonyl (C=O) groups is 1. The number of benzene rings is 2. The lowest BCUT2D eigenvalue weighted by molar-refractivity contribution is -0.132. The molecule has 1 aliphatic carbocycles. The van der Waals surface area contributed by atoms with Gasteiger partial charge in [-0.3, -0.25) is 4.79 Å². The molecule has 1 aromatic heterocycles. The van der Waals surface area contributed by atoms with Crippen LogP contribution in [0.15, 0.2) is 77.4 Å². The van der Waals surface area contributed by atoms with Crippen LogP contribution in [0.25, 0.3) is 0 Å². The Morgan fingerprint density at radius 1 is 1.04 bits per heavy atom. The highest BCUT2D eigenvalue weighted by molar-refractivity contribution is 5.85. The Morgan fingerprint density at radius 3 is 2.44 bits per heavy atom. The topological polar surface area (TPSA) is 42.2 Å². The molecule has 2 aromatic carbocycles. The molecule has 3 aromatic rings. The van der Waals surface area contributed by atoms with Gasteiger partial charge in [-0.05, 0) is 48.1 Å². The van der Waals surface area contributed by atoms with E-state index in [0.29, 0.717) is 12.5 Å². The average molecular weight is 359 g/mol. The van der Waals surface area contributed by atoms with Crippen LogP contribution in [0, 0.1) is 5.41 Å². The normalized spacial score (nSPS) is 24.2. The third kappa shape index (κ3) is 3.18. The molecule has 1 N–H and O–H groups in total. The predicted molar refractivity (Wildman–Crippen MR) is 106 cm³/mol. The van der Waals surface area contributed by atoms with E-state index in [-0.39, 0.29) is 11.8 Å². The first kappa shape index (κ1) is 17.6. The van der Waals surface area contributed by atoms with Gasteiger partial charge in [0.05, 0.1) is 18.2 Å². The molecule has 3 nitrogen and oxygen atoms in total. The van der Waals surface area contributed by atoms with Crippen molar-refractivity contribution in [1.82, 2.24) is 5.32 Å². The Balaban J connectivity index is 1.74. The van der Waals surface area contributed by atoms with Gasteiger partial charge in [-0.25, -0.2) is 0 Å². The first-order chi connectivity index (χ1) is 13.1. The van der Waals surface area contributed by atoms with Crippen LogP contribution in [-0.4, -0.2) is 5.91 Å². The molecular weight excluding hydrogens is 334 g/mol. The van der Waals surface area contributed by atoms with Gasteiger partial charge in [0.15, 0.2) is 0 Å². The molecule has 0 aliphatic heterocycles. The second-order valence-corrected chi connectivity index (χ2v) is 7.76. The molecule has 0 unspecified atom stereocenters. The minimum Gasteiger partial charge on any atom is -0.467 e. The van der Waals surface area contributed by atoms with E-state index in [2.05, 4.69) is 67.7 Å². The summed E-state index contributed by atoms with van der Waals surface area (Å²) in [5.74, 6) is 1.21. The van der Waals surface area contributed by atoms with Crippen molar-refractivity contribution in [2.45, 2.75) is 38.6 Å². The maximum absolute atomic E-state index is 13.4. The van der Waals surface area contributed by atoms with E-state index in [9.17, 15) is 4.79 Å². The van der Waals surface area contributed by atoms with E-state index in [1.165, 1.54) is 16.7 Å². The second kappa shape index (κ2) is 7.07. The number of nitrogens with one attached hydrogen (secondary N) is 1. The van der Waals surface area contributed by atoms with Crippen molar-refractivity contribution in [3.05, 3.63) is 95.4 Å². The third-order valence-corrected chi connectivity index (χ3v) is 5.86. The van der Waals surface area contributed by atoms with E-state index in [1.54, 1.807) is 6.26 Å². The fraction of sp³-hybridized carbons (Fsp3) is 0.292. The van der Waals surface area contributed by atoms with Crippen LogP contribution in [0.3, 0.4) is 0 Å². The van der Waals surface area contributed by atoms with Crippen LogP contribution in [0.2, 0.25) is 0 Å². The minimum atomic E-state index is -0.526. The second-order valence-electron chi connectivity index (χ2n) is 7.76. The zero-order valence-corrected chi connectivity index (χ0v) is 15.8. The van der Waals surface area contributed by atoms with Crippen LogP contribution >= 0.6 is 0 Å².